The van der Waals surface area contributed by atoms with E-state index in [-0.39, 0.29) is 12.5 Å². The highest BCUT2D eigenvalue weighted by Gasteiger charge is 2.34. The first-order valence-corrected chi connectivity index (χ1v) is 9.17. The molecule has 0 aromatic heterocycles. The molecule has 0 heterocycles. The zero-order chi connectivity index (χ0) is 21.0. The van der Waals surface area contributed by atoms with Gasteiger partial charge in [0.2, 0.25) is 0 Å². The smallest absolute Gasteiger partial charge is 0.407 e. The Kier molecular flexibility index (Phi) is 6.17. The lowest BCUT2D eigenvalue weighted by atomic mass is 9.96. The Hall–Kier alpha value is -2.94. The molecule has 0 bridgehead atoms. The summed E-state index contributed by atoms with van der Waals surface area (Å²) in [6.45, 7) is -1.68. The maximum atomic E-state index is 12.2. The second kappa shape index (κ2) is 8.60. The molecule has 8 heteroatoms. The van der Waals surface area contributed by atoms with Crippen LogP contribution in [0.1, 0.15) is 23.5 Å². The van der Waals surface area contributed by atoms with Crippen molar-refractivity contribution in [1.29, 1.82) is 0 Å². The SMILES string of the molecule is O=C(N[C@@H](CC(O)(CO)CO)C(=O)O)OCC1c2ccccc2-c2ccccc21. The second-order valence-electron chi connectivity index (χ2n) is 7.11. The van der Waals surface area contributed by atoms with Crippen LogP contribution in [0.15, 0.2) is 48.5 Å². The number of benzene rings is 2. The number of carbonyl (C=O) groups excluding carboxylic acids is 1. The number of hydrogen-bond donors (Lipinski definition) is 5. The summed E-state index contributed by atoms with van der Waals surface area (Å²) in [6.07, 6.45) is -1.53. The highest BCUT2D eigenvalue weighted by molar-refractivity contribution is 5.81. The number of hydrogen-bond acceptors (Lipinski definition) is 6. The van der Waals surface area contributed by atoms with Crippen molar-refractivity contribution in [3.63, 3.8) is 0 Å². The number of ether oxygens (including phenoxy) is 1. The highest BCUT2D eigenvalue weighted by atomic mass is 16.5. The molecule has 0 saturated carbocycles. The van der Waals surface area contributed by atoms with Crippen LogP contribution in [-0.4, -0.2) is 64.0 Å². The summed E-state index contributed by atoms with van der Waals surface area (Å²) in [4.78, 5) is 23.6. The van der Waals surface area contributed by atoms with E-state index >= 15 is 0 Å². The number of aliphatic carboxylic acids is 1. The van der Waals surface area contributed by atoms with E-state index in [0.717, 1.165) is 22.3 Å². The minimum absolute atomic E-state index is 0.0104. The number of aliphatic hydroxyl groups is 3. The molecule has 1 aliphatic rings. The molecule has 0 spiro atoms. The molecule has 2 aromatic rings. The Morgan fingerprint density at radius 3 is 2.00 bits per heavy atom. The molecule has 0 unspecified atom stereocenters. The van der Waals surface area contributed by atoms with Gasteiger partial charge in [-0.3, -0.25) is 0 Å². The summed E-state index contributed by atoms with van der Waals surface area (Å²) in [5.74, 6) is -1.60. The average molecular weight is 401 g/mol. The van der Waals surface area contributed by atoms with E-state index in [1.807, 2.05) is 48.5 Å². The molecule has 0 radical (unpaired) electrons. The standard InChI is InChI=1S/C21H23NO7/c23-11-21(28,12-24)9-18(19(25)26)22-20(27)29-10-17-15-7-3-1-5-13(15)14-6-2-4-8-16(14)17/h1-8,17-18,23-24,28H,9-12H2,(H,22,27)(H,25,26)/t18-/m0/s1. The van der Waals surface area contributed by atoms with Crippen molar-refractivity contribution in [3.8, 4) is 11.1 Å². The zero-order valence-corrected chi connectivity index (χ0v) is 15.6. The average Bonchev–Trinajstić information content (AvgIpc) is 3.05. The summed E-state index contributed by atoms with van der Waals surface area (Å²) >= 11 is 0. The fourth-order valence-electron chi connectivity index (χ4n) is 3.54. The molecular formula is C21H23NO7. The fourth-order valence-corrected chi connectivity index (χ4v) is 3.54. The first kappa shape index (κ1) is 20.8. The summed E-state index contributed by atoms with van der Waals surface area (Å²) in [7, 11) is 0. The van der Waals surface area contributed by atoms with Gasteiger partial charge >= 0.3 is 12.1 Å². The Labute approximate surface area is 167 Å². The third-order valence-electron chi connectivity index (χ3n) is 5.11. The number of carboxylic acids is 1. The van der Waals surface area contributed by atoms with E-state index in [9.17, 15) is 19.8 Å². The van der Waals surface area contributed by atoms with Crippen LogP contribution in [0.3, 0.4) is 0 Å². The summed E-state index contributed by atoms with van der Waals surface area (Å²) < 4.78 is 5.28. The number of alkyl carbamates (subject to hydrolysis) is 1. The van der Waals surface area contributed by atoms with E-state index in [2.05, 4.69) is 5.32 Å². The molecule has 0 fully saturated rings. The normalized spacial score (nSPS) is 14.0. The number of carbonyl (C=O) groups is 2. The molecule has 1 atom stereocenters. The van der Waals surface area contributed by atoms with E-state index in [1.54, 1.807) is 0 Å². The molecule has 0 saturated heterocycles. The highest BCUT2D eigenvalue weighted by Crippen LogP contribution is 2.44. The Bertz CT molecular complexity index is 849. The second-order valence-corrected chi connectivity index (χ2v) is 7.11. The lowest BCUT2D eigenvalue weighted by Gasteiger charge is -2.27. The van der Waals surface area contributed by atoms with Crippen LogP contribution >= 0.6 is 0 Å². The molecule has 5 N–H and O–H groups in total. The van der Waals surface area contributed by atoms with E-state index < -0.39 is 43.3 Å². The van der Waals surface area contributed by atoms with Crippen LogP contribution in [0.2, 0.25) is 0 Å². The number of rotatable bonds is 8. The summed E-state index contributed by atoms with van der Waals surface area (Å²) in [5.41, 5.74) is 2.14. The number of carboxylic acid groups (broad SMARTS) is 1. The Balaban J connectivity index is 1.68. The molecular weight excluding hydrogens is 378 g/mol. The van der Waals surface area contributed by atoms with E-state index in [1.165, 1.54) is 0 Å². The van der Waals surface area contributed by atoms with Crippen LogP contribution in [0.25, 0.3) is 11.1 Å². The minimum atomic E-state index is -2.03. The predicted molar refractivity (Wildman–Crippen MR) is 103 cm³/mol. The van der Waals surface area contributed by atoms with Crippen LogP contribution in [0, 0.1) is 0 Å². The third kappa shape index (κ3) is 4.40. The van der Waals surface area contributed by atoms with E-state index in [0.29, 0.717) is 0 Å². The fraction of sp³-hybridized carbons (Fsp3) is 0.333. The van der Waals surface area contributed by atoms with Gasteiger partial charge in [0.1, 0.15) is 18.2 Å². The monoisotopic (exact) mass is 401 g/mol. The van der Waals surface area contributed by atoms with Crippen molar-refractivity contribution in [1.82, 2.24) is 5.32 Å². The van der Waals surface area contributed by atoms with Gasteiger partial charge in [-0.1, -0.05) is 48.5 Å². The lowest BCUT2D eigenvalue weighted by Crippen LogP contribution is -2.50. The minimum Gasteiger partial charge on any atom is -0.480 e. The van der Waals surface area contributed by atoms with Crippen molar-refractivity contribution in [2.75, 3.05) is 19.8 Å². The third-order valence-corrected chi connectivity index (χ3v) is 5.11. The van der Waals surface area contributed by atoms with Gasteiger partial charge in [-0.05, 0) is 22.3 Å². The van der Waals surface area contributed by atoms with Gasteiger partial charge < -0.3 is 30.5 Å². The zero-order valence-electron chi connectivity index (χ0n) is 15.6. The molecule has 1 amide bonds. The lowest BCUT2D eigenvalue weighted by molar-refractivity contribution is -0.143. The van der Waals surface area contributed by atoms with Gasteiger partial charge in [0.15, 0.2) is 0 Å². The van der Waals surface area contributed by atoms with Crippen LogP contribution in [-0.2, 0) is 9.53 Å². The predicted octanol–water partition coefficient (Wildman–Crippen LogP) is 1.08. The van der Waals surface area contributed by atoms with Gasteiger partial charge in [0.25, 0.3) is 0 Å². The molecule has 154 valence electrons. The number of aliphatic hydroxyl groups excluding tert-OH is 2. The van der Waals surface area contributed by atoms with Crippen molar-refractivity contribution in [2.24, 2.45) is 0 Å². The maximum absolute atomic E-state index is 12.2. The number of nitrogens with one attached hydrogen (secondary N) is 1. The van der Waals surface area contributed by atoms with Crippen molar-refractivity contribution in [2.45, 2.75) is 24.0 Å². The van der Waals surface area contributed by atoms with Crippen molar-refractivity contribution in [3.05, 3.63) is 59.7 Å². The van der Waals surface area contributed by atoms with E-state index in [4.69, 9.17) is 14.9 Å². The van der Waals surface area contributed by atoms with Gasteiger partial charge in [0, 0.05) is 12.3 Å². The first-order chi connectivity index (χ1) is 13.9. The number of fused-ring (bicyclic) bond motifs is 3. The molecule has 0 aliphatic heterocycles. The Morgan fingerprint density at radius 2 is 1.52 bits per heavy atom. The van der Waals surface area contributed by atoms with Crippen molar-refractivity contribution < 1.29 is 34.8 Å². The summed E-state index contributed by atoms with van der Waals surface area (Å²) in [6, 6.07) is 14.1. The molecule has 2 aromatic carbocycles. The van der Waals surface area contributed by atoms with Gasteiger partial charge in [-0.2, -0.15) is 0 Å². The van der Waals surface area contributed by atoms with Gasteiger partial charge in [-0.15, -0.1) is 0 Å². The van der Waals surface area contributed by atoms with Crippen LogP contribution in [0.5, 0.6) is 0 Å². The van der Waals surface area contributed by atoms with Crippen molar-refractivity contribution >= 4 is 12.1 Å². The van der Waals surface area contributed by atoms with Gasteiger partial charge in [0.05, 0.1) is 13.2 Å². The molecule has 1 aliphatic carbocycles. The molecule has 29 heavy (non-hydrogen) atoms. The largest absolute Gasteiger partial charge is 0.480 e. The van der Waals surface area contributed by atoms with Crippen LogP contribution in [0.4, 0.5) is 4.79 Å². The summed E-state index contributed by atoms with van der Waals surface area (Å²) in [5, 5.41) is 39.6. The quantitative estimate of drug-likeness (QED) is 0.446. The Morgan fingerprint density at radius 1 is 1.00 bits per heavy atom. The van der Waals surface area contributed by atoms with Crippen LogP contribution < -0.4 is 5.32 Å². The maximum Gasteiger partial charge on any atom is 0.407 e. The number of amides is 1. The molecule has 3 rings (SSSR count). The topological polar surface area (TPSA) is 136 Å². The molecule has 8 nitrogen and oxygen atoms in total. The first-order valence-electron chi connectivity index (χ1n) is 9.17. The van der Waals surface area contributed by atoms with Gasteiger partial charge in [-0.25, -0.2) is 9.59 Å².